The van der Waals surface area contributed by atoms with Gasteiger partial charge in [0.25, 0.3) is 5.56 Å². The van der Waals surface area contributed by atoms with Crippen LogP contribution in [0.4, 0.5) is 5.95 Å². The summed E-state index contributed by atoms with van der Waals surface area (Å²) in [5, 5.41) is 0. The molecule has 156 valence electrons. The first-order valence-corrected chi connectivity index (χ1v) is 11.0. The molecule has 7 nitrogen and oxygen atoms in total. The fourth-order valence-electron chi connectivity index (χ4n) is 4.32. The molecule has 0 radical (unpaired) electrons. The number of likely N-dealkylation sites (tertiary alicyclic amines) is 1. The highest BCUT2D eigenvalue weighted by molar-refractivity contribution is 5.31. The van der Waals surface area contributed by atoms with Crippen molar-refractivity contribution in [2.75, 3.05) is 31.1 Å². The lowest BCUT2D eigenvalue weighted by molar-refractivity contribution is 0.203. The van der Waals surface area contributed by atoms with E-state index in [0.29, 0.717) is 11.8 Å². The van der Waals surface area contributed by atoms with Crippen LogP contribution < -0.4 is 10.5 Å². The number of anilines is 1. The first kappa shape index (κ1) is 20.0. The smallest absolute Gasteiger partial charge is 0.252 e. The Morgan fingerprint density at radius 1 is 1.07 bits per heavy atom. The monoisotopic (exact) mass is 396 g/mol. The summed E-state index contributed by atoms with van der Waals surface area (Å²) in [6.07, 6.45) is 9.59. The summed E-state index contributed by atoms with van der Waals surface area (Å²) in [6.45, 7) is 9.09. The number of aromatic nitrogens is 4. The van der Waals surface area contributed by atoms with Crippen molar-refractivity contribution in [3.63, 3.8) is 0 Å². The lowest BCUT2D eigenvalue weighted by Crippen LogP contribution is -2.35. The third-order valence-electron chi connectivity index (χ3n) is 6.06. The van der Waals surface area contributed by atoms with Gasteiger partial charge in [0.1, 0.15) is 5.82 Å². The van der Waals surface area contributed by atoms with Crippen LogP contribution in [0.5, 0.6) is 0 Å². The molecule has 7 heteroatoms. The van der Waals surface area contributed by atoms with Crippen LogP contribution in [0.1, 0.15) is 74.9 Å². The molecule has 0 bridgehead atoms. The van der Waals surface area contributed by atoms with E-state index < -0.39 is 0 Å². The van der Waals surface area contributed by atoms with Gasteiger partial charge in [-0.3, -0.25) is 14.7 Å². The van der Waals surface area contributed by atoms with Crippen LogP contribution in [0.15, 0.2) is 23.3 Å². The Hall–Kier alpha value is -2.28. The van der Waals surface area contributed by atoms with Crippen molar-refractivity contribution in [2.24, 2.45) is 0 Å². The Kier molecular flexibility index (Phi) is 6.23. The highest BCUT2D eigenvalue weighted by Crippen LogP contribution is 2.28. The minimum absolute atomic E-state index is 0.0274. The highest BCUT2D eigenvalue weighted by Gasteiger charge is 2.24. The maximum Gasteiger partial charge on any atom is 0.252 e. The van der Waals surface area contributed by atoms with Gasteiger partial charge in [-0.1, -0.05) is 13.8 Å². The van der Waals surface area contributed by atoms with E-state index in [9.17, 15) is 4.79 Å². The van der Waals surface area contributed by atoms with Crippen LogP contribution >= 0.6 is 0 Å². The van der Waals surface area contributed by atoms with E-state index in [1.54, 1.807) is 6.07 Å². The van der Waals surface area contributed by atoms with Crippen molar-refractivity contribution >= 4 is 5.95 Å². The largest absolute Gasteiger partial charge is 0.342 e. The van der Waals surface area contributed by atoms with Gasteiger partial charge in [0, 0.05) is 55.5 Å². The van der Waals surface area contributed by atoms with Crippen LogP contribution in [-0.4, -0.2) is 51.0 Å². The normalized spacial score (nSPS) is 19.1. The molecule has 0 amide bonds. The van der Waals surface area contributed by atoms with Crippen LogP contribution in [0.25, 0.3) is 0 Å². The van der Waals surface area contributed by atoms with E-state index in [1.165, 1.54) is 19.3 Å². The third-order valence-corrected chi connectivity index (χ3v) is 6.06. The van der Waals surface area contributed by atoms with Crippen LogP contribution in [0.3, 0.4) is 0 Å². The Morgan fingerprint density at radius 3 is 2.41 bits per heavy atom. The minimum atomic E-state index is -0.0274. The predicted octanol–water partition coefficient (Wildman–Crippen LogP) is 3.05. The van der Waals surface area contributed by atoms with Crippen molar-refractivity contribution in [1.29, 1.82) is 0 Å². The van der Waals surface area contributed by atoms with Gasteiger partial charge in [0.05, 0.1) is 5.69 Å². The van der Waals surface area contributed by atoms with E-state index in [2.05, 4.69) is 38.6 Å². The summed E-state index contributed by atoms with van der Waals surface area (Å²) in [4.78, 5) is 33.7. The number of aromatic amines is 1. The molecule has 0 aliphatic carbocycles. The molecule has 0 saturated carbocycles. The molecular weight excluding hydrogens is 364 g/mol. The second-order valence-corrected chi connectivity index (χ2v) is 8.70. The first-order valence-electron chi connectivity index (χ1n) is 11.0. The van der Waals surface area contributed by atoms with Gasteiger partial charge >= 0.3 is 0 Å². The number of H-pyrrole nitrogens is 1. The Bertz CT molecular complexity index is 848. The molecule has 2 saturated heterocycles. The summed E-state index contributed by atoms with van der Waals surface area (Å²) in [5.74, 6) is 2.38. The zero-order valence-corrected chi connectivity index (χ0v) is 17.6. The molecule has 2 aliphatic rings. The Morgan fingerprint density at radius 2 is 1.76 bits per heavy atom. The van der Waals surface area contributed by atoms with Crippen LogP contribution in [0.2, 0.25) is 0 Å². The van der Waals surface area contributed by atoms with E-state index in [1.807, 2.05) is 12.4 Å². The van der Waals surface area contributed by atoms with Gasteiger partial charge in [-0.05, 0) is 45.2 Å². The van der Waals surface area contributed by atoms with Gasteiger partial charge in [0.15, 0.2) is 0 Å². The molecule has 2 aliphatic heterocycles. The summed E-state index contributed by atoms with van der Waals surface area (Å²) in [5.41, 5.74) is 2.09. The standard InChI is InChI=1S/C22H32N6O/c1-16(2)21-23-13-17(14-24-21)15-27-10-6-18(7-11-27)19-12-20(29)26-22(25-19)28-8-4-3-5-9-28/h12-14,16,18H,3-11,15H2,1-2H3,(H,25,26,29). The maximum absolute atomic E-state index is 12.2. The quantitative estimate of drug-likeness (QED) is 0.837. The number of nitrogens with zero attached hydrogens (tertiary/aromatic N) is 5. The van der Waals surface area contributed by atoms with E-state index in [-0.39, 0.29) is 5.56 Å². The van der Waals surface area contributed by atoms with Gasteiger partial charge in [-0.2, -0.15) is 0 Å². The summed E-state index contributed by atoms with van der Waals surface area (Å²) >= 11 is 0. The second kappa shape index (κ2) is 9.03. The summed E-state index contributed by atoms with van der Waals surface area (Å²) in [7, 11) is 0. The molecular formula is C22H32N6O. The van der Waals surface area contributed by atoms with Crippen molar-refractivity contribution in [1.82, 2.24) is 24.8 Å². The van der Waals surface area contributed by atoms with Crippen molar-refractivity contribution in [3.05, 3.63) is 45.9 Å². The van der Waals surface area contributed by atoms with Crippen molar-refractivity contribution < 1.29 is 0 Å². The van der Waals surface area contributed by atoms with Gasteiger partial charge < -0.3 is 4.90 Å². The molecule has 4 heterocycles. The van der Waals surface area contributed by atoms with Gasteiger partial charge in [0.2, 0.25) is 5.95 Å². The molecule has 0 aromatic carbocycles. The topological polar surface area (TPSA) is 78.0 Å². The van der Waals surface area contributed by atoms with Crippen molar-refractivity contribution in [3.8, 4) is 0 Å². The maximum atomic E-state index is 12.2. The lowest BCUT2D eigenvalue weighted by Gasteiger charge is -2.32. The van der Waals surface area contributed by atoms with Crippen LogP contribution in [-0.2, 0) is 6.54 Å². The lowest BCUT2D eigenvalue weighted by atomic mass is 9.93. The number of piperidine rings is 2. The fraction of sp³-hybridized carbons (Fsp3) is 0.636. The predicted molar refractivity (Wildman–Crippen MR) is 114 cm³/mol. The molecule has 0 atom stereocenters. The van der Waals surface area contributed by atoms with E-state index in [4.69, 9.17) is 4.98 Å². The van der Waals surface area contributed by atoms with Gasteiger partial charge in [-0.25, -0.2) is 15.0 Å². The Labute approximate surface area is 172 Å². The molecule has 2 fully saturated rings. The molecule has 0 spiro atoms. The first-order chi connectivity index (χ1) is 14.1. The number of hydrogen-bond donors (Lipinski definition) is 1. The summed E-state index contributed by atoms with van der Waals surface area (Å²) in [6, 6.07) is 1.70. The third kappa shape index (κ3) is 5.01. The fourth-order valence-corrected chi connectivity index (χ4v) is 4.32. The molecule has 1 N–H and O–H groups in total. The van der Waals surface area contributed by atoms with Gasteiger partial charge in [-0.15, -0.1) is 0 Å². The Balaban J connectivity index is 1.36. The second-order valence-electron chi connectivity index (χ2n) is 8.70. The zero-order chi connectivity index (χ0) is 20.2. The molecule has 2 aromatic heterocycles. The molecule has 0 unspecified atom stereocenters. The summed E-state index contributed by atoms with van der Waals surface area (Å²) < 4.78 is 0. The average Bonchev–Trinajstić information content (AvgIpc) is 2.75. The zero-order valence-electron chi connectivity index (χ0n) is 17.6. The number of rotatable bonds is 5. The molecule has 4 rings (SSSR count). The average molecular weight is 397 g/mol. The molecule has 2 aromatic rings. The highest BCUT2D eigenvalue weighted by atomic mass is 16.1. The number of nitrogens with one attached hydrogen (secondary N) is 1. The SMILES string of the molecule is CC(C)c1ncc(CN2CCC(c3cc(=O)[nH]c(N4CCCCC4)n3)CC2)cn1. The van der Waals surface area contributed by atoms with E-state index >= 15 is 0 Å². The van der Waals surface area contributed by atoms with Crippen LogP contribution in [0, 0.1) is 0 Å². The van der Waals surface area contributed by atoms with E-state index in [0.717, 1.165) is 68.6 Å². The molecule has 29 heavy (non-hydrogen) atoms. The minimum Gasteiger partial charge on any atom is -0.342 e. The van der Waals surface area contributed by atoms with Crippen molar-refractivity contribution in [2.45, 2.75) is 64.3 Å². The number of hydrogen-bond acceptors (Lipinski definition) is 6.